The summed E-state index contributed by atoms with van der Waals surface area (Å²) >= 11 is 0. The Morgan fingerprint density at radius 3 is 2.94 bits per heavy atom. The average Bonchev–Trinajstić information content (AvgIpc) is 2.83. The van der Waals surface area contributed by atoms with Crippen molar-refractivity contribution in [1.82, 2.24) is 0 Å². The van der Waals surface area contributed by atoms with Crippen LogP contribution in [0, 0.1) is 11.3 Å². The van der Waals surface area contributed by atoms with E-state index in [1.54, 1.807) is 6.07 Å². The van der Waals surface area contributed by atoms with Gasteiger partial charge in [-0.15, -0.1) is 0 Å². The second kappa shape index (κ2) is 4.42. The van der Waals surface area contributed by atoms with Gasteiger partial charge in [0.1, 0.15) is 12.4 Å². The summed E-state index contributed by atoms with van der Waals surface area (Å²) in [6.45, 7) is 0.621. The smallest absolute Gasteiger partial charge is 0.124 e. The molecule has 3 heteroatoms. The van der Waals surface area contributed by atoms with Crippen molar-refractivity contribution in [2.24, 2.45) is 0 Å². The van der Waals surface area contributed by atoms with Gasteiger partial charge in [-0.1, -0.05) is 24.3 Å². The summed E-state index contributed by atoms with van der Waals surface area (Å²) in [5, 5.41) is 12.3. The van der Waals surface area contributed by atoms with Gasteiger partial charge in [0.15, 0.2) is 0 Å². The van der Waals surface area contributed by atoms with E-state index in [2.05, 4.69) is 17.5 Å². The highest BCUT2D eigenvalue weighted by Gasteiger charge is 2.23. The highest BCUT2D eigenvalue weighted by Crippen LogP contribution is 2.34. The summed E-state index contributed by atoms with van der Waals surface area (Å²) in [6, 6.07) is 17.8. The number of nitrogens with zero attached hydrogens (tertiary/aromatic N) is 1. The third kappa shape index (κ3) is 1.89. The molecular weight excluding hydrogens is 224 g/mol. The predicted molar refractivity (Wildman–Crippen MR) is 69.5 cm³/mol. The van der Waals surface area contributed by atoms with Gasteiger partial charge in [-0.2, -0.15) is 5.26 Å². The fraction of sp³-hybridized carbons (Fsp3) is 0.133. The standard InChI is InChI=1S/C15H12N2O/c16-9-11-4-3-5-12(8-11)17-14-10-18-15-7-2-1-6-13(14)15/h1-8,14,17H,10H2. The molecule has 2 aromatic rings. The molecule has 3 rings (SSSR count). The number of fused-ring (bicyclic) bond motifs is 1. The third-order valence-electron chi connectivity index (χ3n) is 3.03. The first-order valence-corrected chi connectivity index (χ1v) is 5.85. The zero-order valence-electron chi connectivity index (χ0n) is 9.76. The molecule has 18 heavy (non-hydrogen) atoms. The quantitative estimate of drug-likeness (QED) is 0.871. The summed E-state index contributed by atoms with van der Waals surface area (Å²) in [7, 11) is 0. The second-order valence-electron chi connectivity index (χ2n) is 4.24. The van der Waals surface area contributed by atoms with Crippen molar-refractivity contribution in [3.8, 4) is 11.8 Å². The number of para-hydroxylation sites is 1. The Labute approximate surface area is 106 Å². The molecule has 0 saturated carbocycles. The van der Waals surface area contributed by atoms with Crippen molar-refractivity contribution < 1.29 is 4.74 Å². The van der Waals surface area contributed by atoms with E-state index < -0.39 is 0 Å². The number of hydrogen-bond acceptors (Lipinski definition) is 3. The second-order valence-corrected chi connectivity index (χ2v) is 4.24. The number of benzene rings is 2. The van der Waals surface area contributed by atoms with Gasteiger partial charge in [-0.05, 0) is 24.3 Å². The number of ether oxygens (including phenoxy) is 1. The Morgan fingerprint density at radius 2 is 2.06 bits per heavy atom. The van der Waals surface area contributed by atoms with Crippen LogP contribution in [-0.4, -0.2) is 6.61 Å². The number of anilines is 1. The first-order chi connectivity index (χ1) is 8.86. The lowest BCUT2D eigenvalue weighted by Gasteiger charge is -2.13. The molecule has 1 aliphatic heterocycles. The summed E-state index contributed by atoms with van der Waals surface area (Å²) in [6.07, 6.45) is 0. The Balaban J connectivity index is 1.84. The largest absolute Gasteiger partial charge is 0.491 e. The minimum absolute atomic E-state index is 0.148. The molecule has 0 aliphatic carbocycles. The lowest BCUT2D eigenvalue weighted by molar-refractivity contribution is 0.340. The molecule has 1 heterocycles. The number of nitriles is 1. The number of nitrogens with one attached hydrogen (secondary N) is 1. The molecule has 0 radical (unpaired) electrons. The van der Waals surface area contributed by atoms with Crippen LogP contribution in [0.2, 0.25) is 0 Å². The molecule has 1 atom stereocenters. The van der Waals surface area contributed by atoms with Gasteiger partial charge in [0.05, 0.1) is 17.7 Å². The number of hydrogen-bond donors (Lipinski definition) is 1. The van der Waals surface area contributed by atoms with Crippen LogP contribution in [0.3, 0.4) is 0 Å². The Bertz CT molecular complexity index is 616. The van der Waals surface area contributed by atoms with Crippen molar-refractivity contribution in [3.05, 3.63) is 59.7 Å². The molecule has 0 amide bonds. The van der Waals surface area contributed by atoms with Gasteiger partial charge in [-0.3, -0.25) is 0 Å². The normalized spacial score (nSPS) is 16.5. The van der Waals surface area contributed by atoms with Crippen LogP contribution in [-0.2, 0) is 0 Å². The van der Waals surface area contributed by atoms with E-state index in [0.717, 1.165) is 11.4 Å². The first-order valence-electron chi connectivity index (χ1n) is 5.85. The first kappa shape index (κ1) is 10.7. The van der Waals surface area contributed by atoms with Crippen molar-refractivity contribution in [2.45, 2.75) is 6.04 Å². The molecule has 1 aliphatic rings. The maximum absolute atomic E-state index is 8.88. The SMILES string of the molecule is N#Cc1cccc(NC2COc3ccccc32)c1. The van der Waals surface area contributed by atoms with Crippen molar-refractivity contribution in [1.29, 1.82) is 5.26 Å². The minimum atomic E-state index is 0.148. The van der Waals surface area contributed by atoms with Crippen LogP contribution in [0.1, 0.15) is 17.2 Å². The monoisotopic (exact) mass is 236 g/mol. The molecule has 3 nitrogen and oxygen atoms in total. The fourth-order valence-electron chi connectivity index (χ4n) is 2.16. The molecule has 1 unspecified atom stereocenters. The van der Waals surface area contributed by atoms with Gasteiger partial charge in [-0.25, -0.2) is 0 Å². The van der Waals surface area contributed by atoms with Crippen molar-refractivity contribution in [2.75, 3.05) is 11.9 Å². The Morgan fingerprint density at radius 1 is 1.17 bits per heavy atom. The fourth-order valence-corrected chi connectivity index (χ4v) is 2.16. The van der Waals surface area contributed by atoms with E-state index in [1.807, 2.05) is 36.4 Å². The highest BCUT2D eigenvalue weighted by molar-refractivity contribution is 5.53. The molecule has 0 saturated heterocycles. The van der Waals surface area contributed by atoms with Crippen LogP contribution < -0.4 is 10.1 Å². The lowest BCUT2D eigenvalue weighted by Crippen LogP contribution is -2.11. The maximum Gasteiger partial charge on any atom is 0.124 e. The van der Waals surface area contributed by atoms with Crippen molar-refractivity contribution >= 4 is 5.69 Å². The van der Waals surface area contributed by atoms with Crippen LogP contribution >= 0.6 is 0 Å². The molecule has 0 aromatic heterocycles. The zero-order valence-corrected chi connectivity index (χ0v) is 9.76. The van der Waals surface area contributed by atoms with Crippen LogP contribution in [0.25, 0.3) is 0 Å². The maximum atomic E-state index is 8.88. The van der Waals surface area contributed by atoms with Gasteiger partial charge in [0, 0.05) is 11.3 Å². The average molecular weight is 236 g/mol. The van der Waals surface area contributed by atoms with Crippen molar-refractivity contribution in [3.63, 3.8) is 0 Å². The van der Waals surface area contributed by atoms with E-state index in [-0.39, 0.29) is 6.04 Å². The molecule has 88 valence electrons. The molecular formula is C15H12N2O. The van der Waals surface area contributed by atoms with E-state index in [0.29, 0.717) is 12.2 Å². The number of rotatable bonds is 2. The molecule has 0 bridgehead atoms. The van der Waals surface area contributed by atoms with Crippen LogP contribution in [0.4, 0.5) is 5.69 Å². The van der Waals surface area contributed by atoms with Gasteiger partial charge in [0.25, 0.3) is 0 Å². The van der Waals surface area contributed by atoms with E-state index in [4.69, 9.17) is 10.00 Å². The van der Waals surface area contributed by atoms with Gasteiger partial charge >= 0.3 is 0 Å². The lowest BCUT2D eigenvalue weighted by atomic mass is 10.1. The third-order valence-corrected chi connectivity index (χ3v) is 3.03. The van der Waals surface area contributed by atoms with E-state index in [9.17, 15) is 0 Å². The summed E-state index contributed by atoms with van der Waals surface area (Å²) < 4.78 is 5.61. The molecule has 1 N–H and O–H groups in total. The topological polar surface area (TPSA) is 45.0 Å². The zero-order chi connectivity index (χ0) is 12.4. The van der Waals surface area contributed by atoms with Crippen LogP contribution in [0.5, 0.6) is 5.75 Å². The summed E-state index contributed by atoms with van der Waals surface area (Å²) in [5.74, 6) is 0.937. The van der Waals surface area contributed by atoms with E-state index >= 15 is 0 Å². The molecule has 2 aromatic carbocycles. The Hall–Kier alpha value is -2.47. The summed E-state index contributed by atoms with van der Waals surface area (Å²) in [5.41, 5.74) is 2.77. The van der Waals surface area contributed by atoms with Gasteiger partial charge < -0.3 is 10.1 Å². The predicted octanol–water partition coefficient (Wildman–Crippen LogP) is 3.10. The van der Waals surface area contributed by atoms with E-state index in [1.165, 1.54) is 5.56 Å². The summed E-state index contributed by atoms with van der Waals surface area (Å²) in [4.78, 5) is 0. The molecule has 0 spiro atoms. The molecule has 0 fully saturated rings. The Kier molecular flexibility index (Phi) is 2.62. The van der Waals surface area contributed by atoms with Gasteiger partial charge in [0.2, 0.25) is 0 Å². The van der Waals surface area contributed by atoms with Crippen LogP contribution in [0.15, 0.2) is 48.5 Å². The highest BCUT2D eigenvalue weighted by atomic mass is 16.5. The minimum Gasteiger partial charge on any atom is -0.491 e.